The summed E-state index contributed by atoms with van der Waals surface area (Å²) in [5.74, 6) is -0.281. The molecule has 0 spiro atoms. The van der Waals surface area contributed by atoms with Crippen LogP contribution in [-0.2, 0) is 14.3 Å². The predicted molar refractivity (Wildman–Crippen MR) is 50.6 cm³/mol. The van der Waals surface area contributed by atoms with Crippen molar-refractivity contribution in [3.8, 4) is 0 Å². The first-order valence-corrected chi connectivity index (χ1v) is 4.82. The highest BCUT2D eigenvalue weighted by molar-refractivity contribution is 7.81. The van der Waals surface area contributed by atoms with Crippen LogP contribution in [0.25, 0.3) is 0 Å². The molecule has 1 amide bonds. The number of carbonyl (C=O) groups excluding carboxylic acids is 2. The Hall–Kier alpha value is -0.710. The number of carbonyl (C=O) groups is 2. The Bertz CT molecular complexity index is 197. The van der Waals surface area contributed by atoms with Gasteiger partial charge in [0.1, 0.15) is 6.04 Å². The van der Waals surface area contributed by atoms with E-state index in [9.17, 15) is 9.59 Å². The minimum Gasteiger partial charge on any atom is -0.467 e. The summed E-state index contributed by atoms with van der Waals surface area (Å²) in [6.07, 6.45) is 1.56. The van der Waals surface area contributed by atoms with Crippen molar-refractivity contribution in [2.75, 3.05) is 19.4 Å². The first kappa shape index (κ1) is 10.4. The van der Waals surface area contributed by atoms with Gasteiger partial charge >= 0.3 is 5.97 Å². The van der Waals surface area contributed by atoms with Crippen LogP contribution in [0.2, 0.25) is 0 Å². The van der Waals surface area contributed by atoms with Crippen molar-refractivity contribution in [1.82, 2.24) is 4.90 Å². The standard InChI is InChI=1S/C8H13NO3S/c1-12-8(11)6-3-2-4-9(6)7(10)5-13/h6,13H,2-5H2,1H3/t6-/m0/s1. The van der Waals surface area contributed by atoms with Crippen molar-refractivity contribution in [3.05, 3.63) is 0 Å². The van der Waals surface area contributed by atoms with Gasteiger partial charge in [0.05, 0.1) is 12.9 Å². The van der Waals surface area contributed by atoms with Gasteiger partial charge in [0.2, 0.25) is 5.91 Å². The zero-order valence-electron chi connectivity index (χ0n) is 7.52. The second-order valence-corrected chi connectivity index (χ2v) is 3.24. The fourth-order valence-electron chi connectivity index (χ4n) is 1.54. The van der Waals surface area contributed by atoms with Crippen LogP contribution in [0.15, 0.2) is 0 Å². The molecule has 1 aliphatic heterocycles. The molecule has 0 unspecified atom stereocenters. The molecule has 1 rings (SSSR count). The van der Waals surface area contributed by atoms with E-state index < -0.39 is 0 Å². The number of amides is 1. The minimum atomic E-state index is -0.385. The lowest BCUT2D eigenvalue weighted by atomic mass is 10.2. The van der Waals surface area contributed by atoms with Crippen molar-refractivity contribution in [2.24, 2.45) is 0 Å². The third-order valence-corrected chi connectivity index (χ3v) is 2.45. The van der Waals surface area contributed by atoms with Gasteiger partial charge in [-0.15, -0.1) is 0 Å². The Balaban J connectivity index is 2.63. The van der Waals surface area contributed by atoms with Crippen LogP contribution < -0.4 is 0 Å². The molecular formula is C8H13NO3S. The Morgan fingerprint density at radius 2 is 2.31 bits per heavy atom. The summed E-state index contributed by atoms with van der Waals surface area (Å²) >= 11 is 3.89. The smallest absolute Gasteiger partial charge is 0.328 e. The molecule has 0 aromatic heterocycles. The van der Waals surface area contributed by atoms with Gasteiger partial charge in [0.25, 0.3) is 0 Å². The second-order valence-electron chi connectivity index (χ2n) is 2.93. The van der Waals surface area contributed by atoms with Crippen LogP contribution >= 0.6 is 12.6 Å². The number of hydrogen-bond donors (Lipinski definition) is 1. The minimum absolute atomic E-state index is 0.101. The average molecular weight is 203 g/mol. The first-order chi connectivity index (χ1) is 6.20. The molecule has 1 heterocycles. The number of likely N-dealkylation sites (tertiary alicyclic amines) is 1. The maximum Gasteiger partial charge on any atom is 0.328 e. The van der Waals surface area contributed by atoms with E-state index in [1.165, 1.54) is 7.11 Å². The lowest BCUT2D eigenvalue weighted by molar-refractivity contribution is -0.150. The summed E-state index contributed by atoms with van der Waals surface area (Å²) < 4.78 is 4.60. The molecule has 0 aromatic carbocycles. The molecule has 0 N–H and O–H groups in total. The number of esters is 1. The number of nitrogens with zero attached hydrogens (tertiary/aromatic N) is 1. The zero-order chi connectivity index (χ0) is 9.84. The summed E-state index contributed by atoms with van der Waals surface area (Å²) in [5, 5.41) is 0. The summed E-state index contributed by atoms with van der Waals surface area (Å²) in [5.41, 5.74) is 0. The van der Waals surface area contributed by atoms with E-state index in [1.807, 2.05) is 0 Å². The molecule has 1 saturated heterocycles. The van der Waals surface area contributed by atoms with Crippen molar-refractivity contribution < 1.29 is 14.3 Å². The van der Waals surface area contributed by atoms with Gasteiger partial charge in [-0.1, -0.05) is 0 Å². The third-order valence-electron chi connectivity index (χ3n) is 2.18. The van der Waals surface area contributed by atoms with Crippen molar-refractivity contribution in [1.29, 1.82) is 0 Å². The number of hydrogen-bond acceptors (Lipinski definition) is 4. The molecule has 0 bridgehead atoms. The fraction of sp³-hybridized carbons (Fsp3) is 0.750. The number of rotatable bonds is 2. The van der Waals surface area contributed by atoms with Crippen molar-refractivity contribution in [2.45, 2.75) is 18.9 Å². The molecule has 0 saturated carbocycles. The SMILES string of the molecule is COC(=O)[C@@H]1CCCN1C(=O)CS. The summed E-state index contributed by atoms with van der Waals surface area (Å²) in [7, 11) is 1.34. The maximum atomic E-state index is 11.3. The molecule has 0 aliphatic carbocycles. The van der Waals surface area contributed by atoms with Gasteiger partial charge in [-0.3, -0.25) is 4.79 Å². The highest BCUT2D eigenvalue weighted by Crippen LogP contribution is 2.18. The van der Waals surface area contributed by atoms with E-state index in [0.717, 1.165) is 6.42 Å². The molecule has 4 nitrogen and oxygen atoms in total. The summed E-state index contributed by atoms with van der Waals surface area (Å²) in [4.78, 5) is 24.0. The Morgan fingerprint density at radius 1 is 1.62 bits per heavy atom. The van der Waals surface area contributed by atoms with E-state index in [4.69, 9.17) is 0 Å². The number of thiol groups is 1. The number of methoxy groups -OCH3 is 1. The van der Waals surface area contributed by atoms with Crippen LogP contribution in [0.5, 0.6) is 0 Å². The van der Waals surface area contributed by atoms with Crippen LogP contribution in [-0.4, -0.2) is 42.2 Å². The summed E-state index contributed by atoms with van der Waals surface area (Å²) in [6, 6.07) is -0.385. The zero-order valence-corrected chi connectivity index (χ0v) is 8.42. The van der Waals surface area contributed by atoms with Crippen LogP contribution in [0, 0.1) is 0 Å². The number of ether oxygens (including phenoxy) is 1. The van der Waals surface area contributed by atoms with Crippen molar-refractivity contribution >= 4 is 24.5 Å². The molecule has 1 atom stereocenters. The monoisotopic (exact) mass is 203 g/mol. The van der Waals surface area contributed by atoms with Gasteiger partial charge in [0, 0.05) is 6.54 Å². The average Bonchev–Trinajstić information content (AvgIpc) is 2.63. The predicted octanol–water partition coefficient (Wildman–Crippen LogP) is 0.0802. The van der Waals surface area contributed by atoms with Gasteiger partial charge in [-0.25, -0.2) is 4.79 Å². The lowest BCUT2D eigenvalue weighted by Gasteiger charge is -2.21. The lowest BCUT2D eigenvalue weighted by Crippen LogP contribution is -2.41. The molecule has 0 radical (unpaired) electrons. The highest BCUT2D eigenvalue weighted by atomic mass is 32.1. The largest absolute Gasteiger partial charge is 0.467 e. The molecule has 0 aromatic rings. The van der Waals surface area contributed by atoms with Crippen molar-refractivity contribution in [3.63, 3.8) is 0 Å². The third kappa shape index (κ3) is 2.15. The topological polar surface area (TPSA) is 46.6 Å². The molecule has 1 fully saturated rings. The molecule has 74 valence electrons. The molecular weight excluding hydrogens is 190 g/mol. The van der Waals surface area contributed by atoms with Crippen LogP contribution in [0.4, 0.5) is 0 Å². The second kappa shape index (κ2) is 4.50. The molecule has 13 heavy (non-hydrogen) atoms. The van der Waals surface area contributed by atoms with Crippen LogP contribution in [0.1, 0.15) is 12.8 Å². The highest BCUT2D eigenvalue weighted by Gasteiger charge is 2.33. The van der Waals surface area contributed by atoms with E-state index in [2.05, 4.69) is 17.4 Å². The van der Waals surface area contributed by atoms with Gasteiger partial charge in [0.15, 0.2) is 0 Å². The van der Waals surface area contributed by atoms with E-state index in [-0.39, 0.29) is 23.7 Å². The van der Waals surface area contributed by atoms with Crippen LogP contribution in [0.3, 0.4) is 0 Å². The Kier molecular flexibility index (Phi) is 3.59. The molecule has 5 heteroatoms. The fourth-order valence-corrected chi connectivity index (χ4v) is 1.72. The van der Waals surface area contributed by atoms with Gasteiger partial charge in [-0.2, -0.15) is 12.6 Å². The summed E-state index contributed by atoms with van der Waals surface area (Å²) in [6.45, 7) is 0.638. The van der Waals surface area contributed by atoms with Gasteiger partial charge in [-0.05, 0) is 12.8 Å². The van der Waals surface area contributed by atoms with E-state index in [1.54, 1.807) is 4.90 Å². The van der Waals surface area contributed by atoms with Gasteiger partial charge < -0.3 is 9.64 Å². The molecule has 1 aliphatic rings. The normalized spacial score (nSPS) is 21.7. The quantitative estimate of drug-likeness (QED) is 0.510. The first-order valence-electron chi connectivity index (χ1n) is 4.19. The van der Waals surface area contributed by atoms with E-state index in [0.29, 0.717) is 13.0 Å². The Morgan fingerprint density at radius 3 is 2.85 bits per heavy atom. The maximum absolute atomic E-state index is 11.3. The Labute approximate surface area is 82.6 Å². The van der Waals surface area contributed by atoms with E-state index >= 15 is 0 Å².